The van der Waals surface area contributed by atoms with Gasteiger partial charge in [0.1, 0.15) is 0 Å². The Morgan fingerprint density at radius 3 is 2.04 bits per heavy atom. The molecule has 0 saturated carbocycles. The molecular formula is C21H28N4O2. The second-order valence-corrected chi connectivity index (χ2v) is 6.54. The monoisotopic (exact) mass is 368 g/mol. The van der Waals surface area contributed by atoms with Crippen LogP contribution in [0.15, 0.2) is 48.5 Å². The standard InChI is InChI=1S/C21H28N4O2/c22-18-8-6-17(7-9-18)21(27)24-14-4-2-1-3-5-15-25(16-26)20-12-10-19(23)11-13-20/h6-13,16H,1-5,14-15,22-23H2,(H,24,27). The molecule has 0 atom stereocenters. The van der Waals surface area contributed by atoms with E-state index in [1.165, 1.54) is 0 Å². The Labute approximate surface area is 160 Å². The SMILES string of the molecule is Nc1ccc(C(=O)NCCCCCCCN(C=O)c2ccc(N)cc2)cc1. The van der Waals surface area contributed by atoms with Gasteiger partial charge in [-0.15, -0.1) is 0 Å². The minimum atomic E-state index is -0.0693. The Kier molecular flexibility index (Phi) is 8.16. The van der Waals surface area contributed by atoms with E-state index < -0.39 is 0 Å². The van der Waals surface area contributed by atoms with Crippen LogP contribution in [0.1, 0.15) is 42.5 Å². The number of rotatable bonds is 11. The molecule has 0 saturated heterocycles. The molecule has 0 radical (unpaired) electrons. The van der Waals surface area contributed by atoms with Gasteiger partial charge in [0.25, 0.3) is 5.91 Å². The molecule has 2 amide bonds. The number of hydrogen-bond donors (Lipinski definition) is 3. The average Bonchev–Trinajstić information content (AvgIpc) is 2.68. The van der Waals surface area contributed by atoms with Crippen molar-refractivity contribution in [3.63, 3.8) is 0 Å². The average molecular weight is 368 g/mol. The molecule has 0 spiro atoms. The molecule has 0 fully saturated rings. The van der Waals surface area contributed by atoms with E-state index in [2.05, 4.69) is 5.32 Å². The number of benzene rings is 2. The predicted molar refractivity (Wildman–Crippen MR) is 111 cm³/mol. The minimum Gasteiger partial charge on any atom is -0.399 e. The van der Waals surface area contributed by atoms with Gasteiger partial charge in [0.05, 0.1) is 0 Å². The highest BCUT2D eigenvalue weighted by Gasteiger charge is 2.05. The number of nitrogens with zero attached hydrogens (tertiary/aromatic N) is 1. The molecule has 27 heavy (non-hydrogen) atoms. The number of nitrogen functional groups attached to an aromatic ring is 2. The van der Waals surface area contributed by atoms with Crippen molar-refractivity contribution in [3.05, 3.63) is 54.1 Å². The summed E-state index contributed by atoms with van der Waals surface area (Å²) in [5.41, 5.74) is 14.1. The summed E-state index contributed by atoms with van der Waals surface area (Å²) in [5.74, 6) is -0.0693. The summed E-state index contributed by atoms with van der Waals surface area (Å²) < 4.78 is 0. The van der Waals surface area contributed by atoms with Crippen LogP contribution in [0, 0.1) is 0 Å². The Morgan fingerprint density at radius 1 is 0.852 bits per heavy atom. The van der Waals surface area contributed by atoms with Gasteiger partial charge in [-0.1, -0.05) is 19.3 Å². The van der Waals surface area contributed by atoms with E-state index in [9.17, 15) is 9.59 Å². The van der Waals surface area contributed by atoms with E-state index >= 15 is 0 Å². The lowest BCUT2D eigenvalue weighted by Crippen LogP contribution is -2.24. The zero-order valence-electron chi connectivity index (χ0n) is 15.6. The van der Waals surface area contributed by atoms with Crippen LogP contribution in [-0.4, -0.2) is 25.4 Å². The Balaban J connectivity index is 1.55. The van der Waals surface area contributed by atoms with Crippen LogP contribution in [0.2, 0.25) is 0 Å². The summed E-state index contributed by atoms with van der Waals surface area (Å²) in [7, 11) is 0. The Morgan fingerprint density at radius 2 is 1.41 bits per heavy atom. The van der Waals surface area contributed by atoms with Gasteiger partial charge in [0, 0.05) is 35.7 Å². The largest absolute Gasteiger partial charge is 0.399 e. The first-order chi connectivity index (χ1) is 13.1. The van der Waals surface area contributed by atoms with Crippen molar-refractivity contribution < 1.29 is 9.59 Å². The van der Waals surface area contributed by atoms with E-state index in [-0.39, 0.29) is 5.91 Å². The molecule has 0 bridgehead atoms. The van der Waals surface area contributed by atoms with Crippen molar-refractivity contribution in [2.24, 2.45) is 0 Å². The third-order valence-corrected chi connectivity index (χ3v) is 4.39. The normalized spacial score (nSPS) is 10.4. The number of nitrogens with one attached hydrogen (secondary N) is 1. The second kappa shape index (κ2) is 10.9. The highest BCUT2D eigenvalue weighted by Crippen LogP contribution is 2.16. The topological polar surface area (TPSA) is 101 Å². The number of hydrogen-bond acceptors (Lipinski definition) is 4. The summed E-state index contributed by atoms with van der Waals surface area (Å²) in [6, 6.07) is 14.2. The number of anilines is 3. The van der Waals surface area contributed by atoms with Gasteiger partial charge >= 0.3 is 0 Å². The van der Waals surface area contributed by atoms with Gasteiger partial charge in [-0.05, 0) is 61.4 Å². The smallest absolute Gasteiger partial charge is 0.251 e. The van der Waals surface area contributed by atoms with Crippen LogP contribution in [0.5, 0.6) is 0 Å². The van der Waals surface area contributed by atoms with Crippen molar-refractivity contribution in [2.45, 2.75) is 32.1 Å². The minimum absolute atomic E-state index is 0.0693. The number of unbranched alkanes of at least 4 members (excludes halogenated alkanes) is 4. The molecule has 6 nitrogen and oxygen atoms in total. The summed E-state index contributed by atoms with van der Waals surface area (Å²) in [6.45, 7) is 1.36. The lowest BCUT2D eigenvalue weighted by atomic mass is 10.1. The highest BCUT2D eigenvalue weighted by atomic mass is 16.1. The Hall–Kier alpha value is -3.02. The molecule has 2 aromatic carbocycles. The number of amides is 2. The molecule has 0 unspecified atom stereocenters. The van der Waals surface area contributed by atoms with Crippen molar-refractivity contribution in [3.8, 4) is 0 Å². The van der Waals surface area contributed by atoms with Gasteiger partial charge < -0.3 is 21.7 Å². The summed E-state index contributed by atoms with van der Waals surface area (Å²) in [6.07, 6.45) is 5.91. The van der Waals surface area contributed by atoms with Crippen molar-refractivity contribution in [1.29, 1.82) is 0 Å². The van der Waals surface area contributed by atoms with Crippen LogP contribution >= 0.6 is 0 Å². The van der Waals surface area contributed by atoms with Gasteiger partial charge in [0.15, 0.2) is 0 Å². The maximum atomic E-state index is 12.0. The van der Waals surface area contributed by atoms with Crippen LogP contribution in [0.25, 0.3) is 0 Å². The third-order valence-electron chi connectivity index (χ3n) is 4.39. The maximum Gasteiger partial charge on any atom is 0.251 e. The summed E-state index contributed by atoms with van der Waals surface area (Å²) >= 11 is 0. The van der Waals surface area contributed by atoms with Gasteiger partial charge in [-0.25, -0.2) is 0 Å². The van der Waals surface area contributed by atoms with Crippen LogP contribution in [0.4, 0.5) is 17.1 Å². The van der Waals surface area contributed by atoms with Gasteiger partial charge in [0.2, 0.25) is 6.41 Å². The fraction of sp³-hybridized carbons (Fsp3) is 0.333. The molecule has 0 aliphatic heterocycles. The molecule has 144 valence electrons. The lowest BCUT2D eigenvalue weighted by molar-refractivity contribution is -0.107. The summed E-state index contributed by atoms with van der Waals surface area (Å²) in [5, 5.41) is 2.92. The second-order valence-electron chi connectivity index (χ2n) is 6.54. The molecule has 2 aromatic rings. The zero-order chi connectivity index (χ0) is 19.5. The first-order valence-corrected chi connectivity index (χ1v) is 9.31. The zero-order valence-corrected chi connectivity index (χ0v) is 15.6. The van der Waals surface area contributed by atoms with Crippen molar-refractivity contribution in [2.75, 3.05) is 29.5 Å². The number of carbonyl (C=O) groups is 2. The molecular weight excluding hydrogens is 340 g/mol. The van der Waals surface area contributed by atoms with E-state index in [1.54, 1.807) is 41.3 Å². The summed E-state index contributed by atoms with van der Waals surface area (Å²) in [4.78, 5) is 24.9. The first-order valence-electron chi connectivity index (χ1n) is 9.31. The lowest BCUT2D eigenvalue weighted by Gasteiger charge is -2.17. The van der Waals surface area contributed by atoms with Gasteiger partial charge in [-0.3, -0.25) is 9.59 Å². The van der Waals surface area contributed by atoms with Crippen LogP contribution in [0.3, 0.4) is 0 Å². The van der Waals surface area contributed by atoms with E-state index in [1.807, 2.05) is 12.1 Å². The number of nitrogens with two attached hydrogens (primary N) is 2. The van der Waals surface area contributed by atoms with Crippen LogP contribution in [-0.2, 0) is 4.79 Å². The van der Waals surface area contributed by atoms with E-state index in [4.69, 9.17) is 11.5 Å². The van der Waals surface area contributed by atoms with E-state index in [0.717, 1.165) is 44.2 Å². The molecule has 0 heterocycles. The molecule has 0 aromatic heterocycles. The van der Waals surface area contributed by atoms with E-state index in [0.29, 0.717) is 30.0 Å². The first kappa shape index (κ1) is 20.3. The number of carbonyl (C=O) groups excluding carboxylic acids is 2. The molecule has 2 rings (SSSR count). The van der Waals surface area contributed by atoms with Gasteiger partial charge in [-0.2, -0.15) is 0 Å². The third kappa shape index (κ3) is 7.01. The van der Waals surface area contributed by atoms with Crippen molar-refractivity contribution in [1.82, 2.24) is 5.32 Å². The quantitative estimate of drug-likeness (QED) is 0.322. The van der Waals surface area contributed by atoms with Crippen LogP contribution < -0.4 is 21.7 Å². The predicted octanol–water partition coefficient (Wildman–Crippen LogP) is 3.19. The maximum absolute atomic E-state index is 12.0. The molecule has 0 aliphatic rings. The highest BCUT2D eigenvalue weighted by molar-refractivity contribution is 5.94. The fourth-order valence-electron chi connectivity index (χ4n) is 2.78. The molecule has 0 aliphatic carbocycles. The Bertz CT molecular complexity index is 714. The molecule has 5 N–H and O–H groups in total. The van der Waals surface area contributed by atoms with Crippen molar-refractivity contribution >= 4 is 29.4 Å². The molecule has 6 heteroatoms. The fourth-order valence-corrected chi connectivity index (χ4v) is 2.78.